The molecule has 0 saturated heterocycles. The molecule has 0 aromatic carbocycles. The molecule has 17 heavy (non-hydrogen) atoms. The number of guanidine groups is 1. The van der Waals surface area contributed by atoms with Crippen molar-refractivity contribution in [2.24, 2.45) is 4.99 Å². The molecule has 0 spiro atoms. The van der Waals surface area contributed by atoms with Crippen molar-refractivity contribution in [1.29, 1.82) is 0 Å². The van der Waals surface area contributed by atoms with Gasteiger partial charge < -0.3 is 15.4 Å². The maximum atomic E-state index is 10.9. The molecule has 0 unspecified atom stereocenters. The SMILES string of the molecule is CCCCCN=C(NCC)NCCC(=O)OC. The van der Waals surface area contributed by atoms with Gasteiger partial charge in [-0.3, -0.25) is 9.79 Å². The number of aliphatic imine (C=N–C) groups is 1. The first kappa shape index (κ1) is 15.7. The maximum absolute atomic E-state index is 10.9. The summed E-state index contributed by atoms with van der Waals surface area (Å²) < 4.78 is 4.57. The van der Waals surface area contributed by atoms with Crippen LogP contribution in [0.4, 0.5) is 0 Å². The van der Waals surface area contributed by atoms with E-state index in [0.29, 0.717) is 13.0 Å². The highest BCUT2D eigenvalue weighted by Gasteiger charge is 2.01. The Bertz CT molecular complexity index is 230. The average Bonchev–Trinajstić information content (AvgIpc) is 2.34. The topological polar surface area (TPSA) is 62.7 Å². The summed E-state index contributed by atoms with van der Waals surface area (Å²) in [6.45, 7) is 6.37. The molecular weight excluding hydrogens is 218 g/mol. The summed E-state index contributed by atoms with van der Waals surface area (Å²) in [6, 6.07) is 0. The molecule has 2 N–H and O–H groups in total. The van der Waals surface area contributed by atoms with Crippen molar-refractivity contribution in [2.75, 3.05) is 26.7 Å². The largest absolute Gasteiger partial charge is 0.469 e. The smallest absolute Gasteiger partial charge is 0.307 e. The first-order chi connectivity index (χ1) is 8.24. The monoisotopic (exact) mass is 243 g/mol. The number of hydrogen-bond donors (Lipinski definition) is 2. The Hall–Kier alpha value is -1.26. The van der Waals surface area contributed by atoms with Crippen molar-refractivity contribution in [3.05, 3.63) is 0 Å². The van der Waals surface area contributed by atoms with Crippen LogP contribution in [0.2, 0.25) is 0 Å². The van der Waals surface area contributed by atoms with E-state index in [1.54, 1.807) is 0 Å². The Balaban J connectivity index is 3.83. The fraction of sp³-hybridized carbons (Fsp3) is 0.833. The summed E-state index contributed by atoms with van der Waals surface area (Å²) in [5.74, 6) is 0.562. The molecule has 0 aromatic heterocycles. The van der Waals surface area contributed by atoms with Crippen LogP contribution in [0.3, 0.4) is 0 Å². The van der Waals surface area contributed by atoms with E-state index in [2.05, 4.69) is 27.3 Å². The third kappa shape index (κ3) is 9.66. The van der Waals surface area contributed by atoms with Gasteiger partial charge in [-0.25, -0.2) is 0 Å². The lowest BCUT2D eigenvalue weighted by Gasteiger charge is -2.10. The molecule has 0 atom stereocenters. The number of unbranched alkanes of at least 4 members (excludes halogenated alkanes) is 2. The van der Waals surface area contributed by atoms with Crippen molar-refractivity contribution in [3.8, 4) is 0 Å². The fourth-order valence-corrected chi connectivity index (χ4v) is 1.28. The Morgan fingerprint density at radius 2 is 2.00 bits per heavy atom. The lowest BCUT2D eigenvalue weighted by atomic mass is 10.2. The molecule has 0 aliphatic heterocycles. The Kier molecular flexibility index (Phi) is 10.4. The minimum absolute atomic E-state index is 0.209. The number of hydrogen-bond acceptors (Lipinski definition) is 3. The van der Waals surface area contributed by atoms with Gasteiger partial charge in [0.25, 0.3) is 0 Å². The minimum atomic E-state index is -0.209. The normalized spacial score (nSPS) is 11.1. The second-order valence-corrected chi connectivity index (χ2v) is 3.72. The molecule has 0 fully saturated rings. The number of nitrogens with one attached hydrogen (secondary N) is 2. The number of carbonyl (C=O) groups excluding carboxylic acids is 1. The van der Waals surface area contributed by atoms with Gasteiger partial charge in [0.05, 0.1) is 13.5 Å². The third-order valence-electron chi connectivity index (χ3n) is 2.23. The molecular formula is C12H25N3O2. The van der Waals surface area contributed by atoms with Gasteiger partial charge in [0.1, 0.15) is 0 Å². The summed E-state index contributed by atoms with van der Waals surface area (Å²) in [5, 5.41) is 6.24. The van der Waals surface area contributed by atoms with E-state index in [9.17, 15) is 4.79 Å². The van der Waals surface area contributed by atoms with Crippen LogP contribution in [0.5, 0.6) is 0 Å². The second-order valence-electron chi connectivity index (χ2n) is 3.72. The van der Waals surface area contributed by atoms with Crippen molar-refractivity contribution in [1.82, 2.24) is 10.6 Å². The van der Waals surface area contributed by atoms with E-state index < -0.39 is 0 Å². The molecule has 0 aromatic rings. The predicted molar refractivity (Wildman–Crippen MR) is 70.1 cm³/mol. The second kappa shape index (κ2) is 11.2. The van der Waals surface area contributed by atoms with Gasteiger partial charge in [-0.1, -0.05) is 19.8 Å². The Morgan fingerprint density at radius 1 is 1.24 bits per heavy atom. The van der Waals surface area contributed by atoms with E-state index in [1.807, 2.05) is 6.92 Å². The van der Waals surface area contributed by atoms with Crippen molar-refractivity contribution in [2.45, 2.75) is 39.5 Å². The zero-order valence-electron chi connectivity index (χ0n) is 11.2. The zero-order valence-corrected chi connectivity index (χ0v) is 11.2. The average molecular weight is 243 g/mol. The lowest BCUT2D eigenvalue weighted by Crippen LogP contribution is -2.38. The summed E-state index contributed by atoms with van der Waals surface area (Å²) in [7, 11) is 1.40. The molecule has 0 aliphatic carbocycles. The predicted octanol–water partition coefficient (Wildman–Crippen LogP) is 1.29. The summed E-state index contributed by atoms with van der Waals surface area (Å²) in [6.07, 6.45) is 3.85. The minimum Gasteiger partial charge on any atom is -0.469 e. The maximum Gasteiger partial charge on any atom is 0.307 e. The molecule has 0 aliphatic rings. The van der Waals surface area contributed by atoms with Gasteiger partial charge in [-0.15, -0.1) is 0 Å². The van der Waals surface area contributed by atoms with Crippen LogP contribution < -0.4 is 10.6 Å². The van der Waals surface area contributed by atoms with Crippen LogP contribution in [0.25, 0.3) is 0 Å². The molecule has 5 nitrogen and oxygen atoms in total. The van der Waals surface area contributed by atoms with Crippen molar-refractivity contribution in [3.63, 3.8) is 0 Å². The molecule has 0 bridgehead atoms. The molecule has 0 rings (SSSR count). The molecule has 0 radical (unpaired) electrons. The molecule has 5 heteroatoms. The van der Waals surface area contributed by atoms with Gasteiger partial charge in [-0.05, 0) is 13.3 Å². The Morgan fingerprint density at radius 3 is 2.59 bits per heavy atom. The first-order valence-electron chi connectivity index (χ1n) is 6.33. The van der Waals surface area contributed by atoms with E-state index in [0.717, 1.165) is 25.5 Å². The summed E-state index contributed by atoms with van der Waals surface area (Å²) in [4.78, 5) is 15.3. The van der Waals surface area contributed by atoms with E-state index in [4.69, 9.17) is 0 Å². The van der Waals surface area contributed by atoms with Crippen LogP contribution in [0.1, 0.15) is 39.5 Å². The number of esters is 1. The van der Waals surface area contributed by atoms with Gasteiger partial charge in [0, 0.05) is 19.6 Å². The number of nitrogens with zero attached hydrogens (tertiary/aromatic N) is 1. The van der Waals surface area contributed by atoms with Gasteiger partial charge in [0.15, 0.2) is 5.96 Å². The van der Waals surface area contributed by atoms with Gasteiger partial charge >= 0.3 is 5.97 Å². The number of carbonyl (C=O) groups is 1. The van der Waals surface area contributed by atoms with Crippen molar-refractivity contribution >= 4 is 11.9 Å². The highest BCUT2D eigenvalue weighted by molar-refractivity contribution is 5.80. The molecule has 0 saturated carbocycles. The molecule has 100 valence electrons. The van der Waals surface area contributed by atoms with Crippen LogP contribution in [0, 0.1) is 0 Å². The number of ether oxygens (including phenoxy) is 1. The van der Waals surface area contributed by atoms with Gasteiger partial charge in [0.2, 0.25) is 0 Å². The molecule has 0 amide bonds. The standard InChI is InChI=1S/C12H25N3O2/c1-4-6-7-9-14-12(13-5-2)15-10-8-11(16)17-3/h4-10H2,1-3H3,(H2,13,14,15). The lowest BCUT2D eigenvalue weighted by molar-refractivity contribution is -0.140. The highest BCUT2D eigenvalue weighted by Crippen LogP contribution is 1.93. The highest BCUT2D eigenvalue weighted by atomic mass is 16.5. The van der Waals surface area contributed by atoms with Crippen LogP contribution in [0.15, 0.2) is 4.99 Å². The first-order valence-corrected chi connectivity index (χ1v) is 6.33. The zero-order chi connectivity index (χ0) is 12.9. The number of methoxy groups -OCH3 is 1. The number of rotatable bonds is 8. The van der Waals surface area contributed by atoms with Crippen LogP contribution in [-0.2, 0) is 9.53 Å². The Labute approximate surface area is 104 Å². The van der Waals surface area contributed by atoms with E-state index in [-0.39, 0.29) is 5.97 Å². The summed E-state index contributed by atoms with van der Waals surface area (Å²) in [5.41, 5.74) is 0. The third-order valence-corrected chi connectivity index (χ3v) is 2.23. The van der Waals surface area contributed by atoms with Crippen LogP contribution in [-0.4, -0.2) is 38.7 Å². The van der Waals surface area contributed by atoms with E-state index >= 15 is 0 Å². The van der Waals surface area contributed by atoms with Crippen LogP contribution >= 0.6 is 0 Å². The fourth-order valence-electron chi connectivity index (χ4n) is 1.28. The summed E-state index contributed by atoms with van der Waals surface area (Å²) >= 11 is 0. The quantitative estimate of drug-likeness (QED) is 0.292. The van der Waals surface area contributed by atoms with Crippen molar-refractivity contribution < 1.29 is 9.53 Å². The van der Waals surface area contributed by atoms with E-state index in [1.165, 1.54) is 20.0 Å². The molecule has 0 heterocycles. The van der Waals surface area contributed by atoms with Gasteiger partial charge in [-0.2, -0.15) is 0 Å².